The third-order valence-electron chi connectivity index (χ3n) is 4.47. The number of imide groups is 1. The van der Waals surface area contributed by atoms with Crippen LogP contribution >= 0.6 is 23.2 Å². The number of nitrogens with one attached hydrogen (secondary N) is 1. The van der Waals surface area contributed by atoms with E-state index in [2.05, 4.69) is 5.32 Å². The van der Waals surface area contributed by atoms with Crippen molar-refractivity contribution in [2.45, 2.75) is 12.5 Å². The molecule has 0 unspecified atom stereocenters. The first-order valence-electron chi connectivity index (χ1n) is 8.03. The fraction of sp³-hybridized carbons (Fsp3) is 0.211. The average molecular weight is 407 g/mol. The van der Waals surface area contributed by atoms with Crippen LogP contribution in [0.4, 0.5) is 4.79 Å². The van der Waals surface area contributed by atoms with Gasteiger partial charge in [-0.15, -0.1) is 0 Å². The summed E-state index contributed by atoms with van der Waals surface area (Å²) in [4.78, 5) is 38.7. The number of hydrogen-bond donors (Lipinski definition) is 1. The van der Waals surface area contributed by atoms with Gasteiger partial charge >= 0.3 is 6.03 Å². The Morgan fingerprint density at radius 1 is 1.15 bits per heavy atom. The molecule has 8 heteroatoms. The number of methoxy groups -OCH3 is 1. The van der Waals surface area contributed by atoms with Gasteiger partial charge in [0.25, 0.3) is 5.91 Å². The second-order valence-corrected chi connectivity index (χ2v) is 7.07. The van der Waals surface area contributed by atoms with Gasteiger partial charge in [0.05, 0.1) is 18.7 Å². The van der Waals surface area contributed by atoms with Crippen LogP contribution in [0.15, 0.2) is 42.5 Å². The number of benzene rings is 2. The van der Waals surface area contributed by atoms with E-state index < -0.39 is 29.8 Å². The van der Waals surface area contributed by atoms with Crippen molar-refractivity contribution >= 4 is 40.9 Å². The number of carbonyl (C=O) groups is 3. The van der Waals surface area contributed by atoms with Crippen LogP contribution in [0.3, 0.4) is 0 Å². The summed E-state index contributed by atoms with van der Waals surface area (Å²) in [6.07, 6.45) is 0. The first-order chi connectivity index (χ1) is 12.8. The topological polar surface area (TPSA) is 75.7 Å². The lowest BCUT2D eigenvalue weighted by atomic mass is 9.92. The zero-order chi connectivity index (χ0) is 19.8. The summed E-state index contributed by atoms with van der Waals surface area (Å²) >= 11 is 11.9. The molecule has 140 valence electrons. The van der Waals surface area contributed by atoms with Crippen molar-refractivity contribution in [1.29, 1.82) is 0 Å². The Balaban J connectivity index is 1.82. The van der Waals surface area contributed by atoms with Gasteiger partial charge in [-0.1, -0.05) is 35.3 Å². The van der Waals surface area contributed by atoms with E-state index in [9.17, 15) is 14.4 Å². The van der Waals surface area contributed by atoms with Gasteiger partial charge in [0.2, 0.25) is 0 Å². The summed E-state index contributed by atoms with van der Waals surface area (Å²) in [5, 5.41) is 3.43. The quantitative estimate of drug-likeness (QED) is 0.607. The minimum atomic E-state index is -1.26. The number of Topliss-reactive ketones (excluding diaryl/α,β-unsaturated/α-hetero) is 1. The number of nitrogens with zero attached hydrogens (tertiary/aromatic N) is 1. The van der Waals surface area contributed by atoms with E-state index in [-0.39, 0.29) is 10.6 Å². The number of hydrogen-bond acceptors (Lipinski definition) is 4. The van der Waals surface area contributed by atoms with E-state index in [4.69, 9.17) is 27.9 Å². The summed E-state index contributed by atoms with van der Waals surface area (Å²) in [6, 6.07) is 10.5. The van der Waals surface area contributed by atoms with Gasteiger partial charge in [-0.05, 0) is 42.8 Å². The lowest BCUT2D eigenvalue weighted by Crippen LogP contribution is -2.41. The third kappa shape index (κ3) is 3.50. The van der Waals surface area contributed by atoms with Crippen molar-refractivity contribution in [3.63, 3.8) is 0 Å². The molecule has 0 saturated carbocycles. The highest BCUT2D eigenvalue weighted by Gasteiger charge is 2.49. The van der Waals surface area contributed by atoms with Crippen LogP contribution < -0.4 is 10.1 Å². The number of halogens is 2. The molecule has 3 rings (SSSR count). The van der Waals surface area contributed by atoms with E-state index >= 15 is 0 Å². The maximum absolute atomic E-state index is 12.9. The highest BCUT2D eigenvalue weighted by molar-refractivity contribution is 6.32. The van der Waals surface area contributed by atoms with Crippen LogP contribution in [-0.4, -0.2) is 36.3 Å². The highest BCUT2D eigenvalue weighted by Crippen LogP contribution is 2.30. The van der Waals surface area contributed by atoms with Crippen LogP contribution in [0, 0.1) is 0 Å². The Bertz CT molecular complexity index is 930. The fourth-order valence-corrected chi connectivity index (χ4v) is 3.28. The monoisotopic (exact) mass is 406 g/mol. The smallest absolute Gasteiger partial charge is 0.325 e. The maximum atomic E-state index is 12.9. The molecule has 1 aliphatic rings. The first kappa shape index (κ1) is 19.2. The molecule has 2 aromatic rings. The predicted octanol–water partition coefficient (Wildman–Crippen LogP) is 3.65. The second kappa shape index (κ2) is 7.21. The average Bonchev–Trinajstić information content (AvgIpc) is 2.86. The zero-order valence-corrected chi connectivity index (χ0v) is 16.1. The summed E-state index contributed by atoms with van der Waals surface area (Å²) in [7, 11) is 1.47. The Hall–Kier alpha value is -2.57. The molecule has 0 aromatic heterocycles. The number of rotatable bonds is 5. The van der Waals surface area contributed by atoms with E-state index in [0.29, 0.717) is 16.3 Å². The Morgan fingerprint density at radius 3 is 2.41 bits per heavy atom. The lowest BCUT2D eigenvalue weighted by Gasteiger charge is -2.22. The number of ether oxygens (including phenoxy) is 1. The molecule has 0 spiro atoms. The zero-order valence-electron chi connectivity index (χ0n) is 14.6. The van der Waals surface area contributed by atoms with Gasteiger partial charge in [-0.2, -0.15) is 0 Å². The van der Waals surface area contributed by atoms with Gasteiger partial charge < -0.3 is 10.1 Å². The SMILES string of the molecule is COc1ccc(C(=O)CN2C(=O)N[C@](C)(c3ccc(Cl)cc3)C2=O)cc1Cl. The molecule has 2 aromatic carbocycles. The minimum Gasteiger partial charge on any atom is -0.495 e. The fourth-order valence-electron chi connectivity index (χ4n) is 2.89. The van der Waals surface area contributed by atoms with Gasteiger partial charge in [0, 0.05) is 10.6 Å². The van der Waals surface area contributed by atoms with Crippen molar-refractivity contribution in [1.82, 2.24) is 10.2 Å². The minimum absolute atomic E-state index is 0.270. The van der Waals surface area contributed by atoms with E-state index in [1.807, 2.05) is 0 Å². The van der Waals surface area contributed by atoms with Crippen molar-refractivity contribution in [2.75, 3.05) is 13.7 Å². The lowest BCUT2D eigenvalue weighted by molar-refractivity contribution is -0.130. The van der Waals surface area contributed by atoms with Gasteiger partial charge in [-0.25, -0.2) is 4.79 Å². The van der Waals surface area contributed by atoms with Gasteiger partial charge in [0.15, 0.2) is 5.78 Å². The number of ketones is 1. The van der Waals surface area contributed by atoms with Gasteiger partial charge in [-0.3, -0.25) is 14.5 Å². The molecule has 1 N–H and O–H groups in total. The van der Waals surface area contributed by atoms with Crippen molar-refractivity contribution in [2.24, 2.45) is 0 Å². The molecule has 1 saturated heterocycles. The summed E-state index contributed by atoms with van der Waals surface area (Å²) in [5.41, 5.74) is -0.409. The Labute approximate surface area is 166 Å². The van der Waals surface area contributed by atoms with Crippen LogP contribution in [-0.2, 0) is 10.3 Å². The van der Waals surface area contributed by atoms with Gasteiger partial charge in [0.1, 0.15) is 11.3 Å². The molecule has 0 radical (unpaired) electrons. The van der Waals surface area contributed by atoms with Crippen molar-refractivity contribution < 1.29 is 19.1 Å². The van der Waals surface area contributed by atoms with E-state index in [1.54, 1.807) is 37.3 Å². The highest BCUT2D eigenvalue weighted by atomic mass is 35.5. The number of carbonyl (C=O) groups excluding carboxylic acids is 3. The normalized spacial score (nSPS) is 19.2. The van der Waals surface area contributed by atoms with E-state index in [1.165, 1.54) is 19.2 Å². The molecule has 0 aliphatic carbocycles. The molecule has 1 atom stereocenters. The molecular formula is C19H16Cl2N2O4. The molecule has 1 aliphatic heterocycles. The number of amides is 3. The molecule has 1 heterocycles. The maximum Gasteiger partial charge on any atom is 0.325 e. The summed E-state index contributed by atoms with van der Waals surface area (Å²) < 4.78 is 5.05. The largest absolute Gasteiger partial charge is 0.495 e. The Morgan fingerprint density at radius 2 is 1.81 bits per heavy atom. The van der Waals surface area contributed by atoms with E-state index in [0.717, 1.165) is 4.90 Å². The van der Waals surface area contributed by atoms with Crippen molar-refractivity contribution in [3.05, 3.63) is 63.6 Å². The molecule has 1 fully saturated rings. The first-order valence-corrected chi connectivity index (χ1v) is 8.79. The number of urea groups is 1. The van der Waals surface area contributed by atoms with Crippen LogP contribution in [0.25, 0.3) is 0 Å². The molecule has 6 nitrogen and oxygen atoms in total. The molecule has 0 bridgehead atoms. The predicted molar refractivity (Wildman–Crippen MR) is 101 cm³/mol. The standard InChI is InChI=1S/C19H16Cl2N2O4/c1-19(12-4-6-13(20)7-5-12)17(25)23(18(26)22-19)10-15(24)11-3-8-16(27-2)14(21)9-11/h3-9H,10H2,1-2H3,(H,22,26)/t19-/m1/s1. The van der Waals surface area contributed by atoms with Crippen LogP contribution in [0.5, 0.6) is 5.75 Å². The van der Waals surface area contributed by atoms with Crippen LogP contribution in [0.2, 0.25) is 10.0 Å². The summed E-state index contributed by atoms with van der Waals surface area (Å²) in [5.74, 6) is -0.496. The molecular weight excluding hydrogens is 391 g/mol. The molecule has 3 amide bonds. The summed E-state index contributed by atoms with van der Waals surface area (Å²) in [6.45, 7) is 1.20. The van der Waals surface area contributed by atoms with Crippen LogP contribution in [0.1, 0.15) is 22.8 Å². The Kier molecular flexibility index (Phi) is 5.13. The second-order valence-electron chi connectivity index (χ2n) is 6.23. The third-order valence-corrected chi connectivity index (χ3v) is 5.02. The van der Waals surface area contributed by atoms with Crippen molar-refractivity contribution in [3.8, 4) is 5.75 Å². The molecule has 27 heavy (non-hydrogen) atoms.